The normalized spacial score (nSPS) is 12.5. The van der Waals surface area contributed by atoms with Crippen LogP contribution in [0.1, 0.15) is 17.2 Å². The number of benzene rings is 2. The van der Waals surface area contributed by atoms with Crippen molar-refractivity contribution in [3.8, 4) is 0 Å². The molecule has 19 heavy (non-hydrogen) atoms. The van der Waals surface area contributed by atoms with Crippen molar-refractivity contribution in [2.45, 2.75) is 6.10 Å². The Morgan fingerprint density at radius 2 is 1.11 bits per heavy atom. The van der Waals surface area contributed by atoms with Crippen LogP contribution in [-0.2, 0) is 0 Å². The highest BCUT2D eigenvalue weighted by Gasteiger charge is 2.22. The molecule has 1 atom stereocenters. The van der Waals surface area contributed by atoms with Crippen LogP contribution in [0.4, 0.5) is 22.0 Å². The van der Waals surface area contributed by atoms with Crippen LogP contribution >= 0.6 is 0 Å². The lowest BCUT2D eigenvalue weighted by atomic mass is 10.00. The fourth-order valence-corrected chi connectivity index (χ4v) is 1.71. The molecule has 0 aliphatic rings. The standard InChI is InChI=1S/C13H7F5O/c14-7-1-6(2-8(15)3-7)13(19)12-10(17)4-9(16)5-11(12)18/h1-5,13,19H. The van der Waals surface area contributed by atoms with Crippen LogP contribution < -0.4 is 0 Å². The predicted octanol–water partition coefficient (Wildman–Crippen LogP) is 3.46. The van der Waals surface area contributed by atoms with Crippen molar-refractivity contribution in [1.29, 1.82) is 0 Å². The molecule has 0 bridgehead atoms. The average Bonchev–Trinajstić information content (AvgIpc) is 2.25. The third-order valence-corrected chi connectivity index (χ3v) is 2.52. The Kier molecular flexibility index (Phi) is 3.53. The van der Waals surface area contributed by atoms with Crippen molar-refractivity contribution in [3.63, 3.8) is 0 Å². The van der Waals surface area contributed by atoms with Gasteiger partial charge in [-0.15, -0.1) is 0 Å². The van der Waals surface area contributed by atoms with Gasteiger partial charge in [0, 0.05) is 18.2 Å². The van der Waals surface area contributed by atoms with Gasteiger partial charge < -0.3 is 5.11 Å². The zero-order valence-corrected chi connectivity index (χ0v) is 9.30. The van der Waals surface area contributed by atoms with E-state index < -0.39 is 40.8 Å². The minimum atomic E-state index is -1.94. The van der Waals surface area contributed by atoms with E-state index >= 15 is 0 Å². The van der Waals surface area contributed by atoms with Gasteiger partial charge >= 0.3 is 0 Å². The quantitative estimate of drug-likeness (QED) is 0.831. The number of hydrogen-bond donors (Lipinski definition) is 1. The molecule has 0 fully saturated rings. The average molecular weight is 274 g/mol. The van der Waals surface area contributed by atoms with Gasteiger partial charge in [-0.1, -0.05) is 0 Å². The molecule has 0 saturated heterocycles. The van der Waals surface area contributed by atoms with Crippen molar-refractivity contribution in [2.75, 3.05) is 0 Å². The highest BCUT2D eigenvalue weighted by Crippen LogP contribution is 2.28. The third-order valence-electron chi connectivity index (χ3n) is 2.52. The Morgan fingerprint density at radius 1 is 0.684 bits per heavy atom. The molecule has 1 N–H and O–H groups in total. The second-order valence-electron chi connectivity index (χ2n) is 3.89. The monoisotopic (exact) mass is 274 g/mol. The molecule has 0 saturated carbocycles. The topological polar surface area (TPSA) is 20.2 Å². The van der Waals surface area contributed by atoms with Gasteiger partial charge in [-0.25, -0.2) is 22.0 Å². The minimum Gasteiger partial charge on any atom is -0.383 e. The summed E-state index contributed by atoms with van der Waals surface area (Å²) in [6.45, 7) is 0. The first-order chi connectivity index (χ1) is 8.88. The van der Waals surface area contributed by atoms with Crippen LogP contribution in [0.3, 0.4) is 0 Å². The molecule has 0 radical (unpaired) electrons. The predicted molar refractivity (Wildman–Crippen MR) is 56.7 cm³/mol. The fraction of sp³-hybridized carbons (Fsp3) is 0.0769. The first kappa shape index (κ1) is 13.5. The molecule has 2 aromatic carbocycles. The fourth-order valence-electron chi connectivity index (χ4n) is 1.71. The van der Waals surface area contributed by atoms with E-state index in [4.69, 9.17) is 0 Å². The molecule has 0 aromatic heterocycles. The maximum absolute atomic E-state index is 13.4. The molecule has 0 spiro atoms. The van der Waals surface area contributed by atoms with Crippen molar-refractivity contribution >= 4 is 0 Å². The van der Waals surface area contributed by atoms with Crippen LogP contribution in [0.5, 0.6) is 0 Å². The van der Waals surface area contributed by atoms with E-state index in [1.54, 1.807) is 0 Å². The Bertz CT molecular complexity index is 583. The molecule has 0 amide bonds. The van der Waals surface area contributed by atoms with E-state index in [9.17, 15) is 27.1 Å². The lowest BCUT2D eigenvalue weighted by molar-refractivity contribution is 0.207. The number of hydrogen-bond acceptors (Lipinski definition) is 1. The molecule has 2 rings (SSSR count). The van der Waals surface area contributed by atoms with Crippen LogP contribution in [0, 0.1) is 29.1 Å². The Labute approximate surface area is 104 Å². The summed E-state index contributed by atoms with van der Waals surface area (Å²) in [7, 11) is 0. The van der Waals surface area contributed by atoms with Gasteiger partial charge in [0.25, 0.3) is 0 Å². The minimum absolute atomic E-state index is 0.372. The van der Waals surface area contributed by atoms with E-state index in [1.807, 2.05) is 0 Å². The first-order valence-electron chi connectivity index (χ1n) is 5.17. The zero-order chi connectivity index (χ0) is 14.2. The SMILES string of the molecule is OC(c1cc(F)cc(F)c1)c1c(F)cc(F)cc1F. The van der Waals surface area contributed by atoms with Crippen molar-refractivity contribution in [2.24, 2.45) is 0 Å². The summed E-state index contributed by atoms with van der Waals surface area (Å²) in [5.74, 6) is -5.84. The summed E-state index contributed by atoms with van der Waals surface area (Å²) < 4.78 is 65.5. The maximum atomic E-state index is 13.4. The lowest BCUT2D eigenvalue weighted by Crippen LogP contribution is -2.07. The van der Waals surface area contributed by atoms with Crippen LogP contribution in [0.15, 0.2) is 30.3 Å². The summed E-state index contributed by atoms with van der Waals surface area (Å²) in [6.07, 6.45) is -1.94. The first-order valence-corrected chi connectivity index (χ1v) is 5.17. The smallest absolute Gasteiger partial charge is 0.135 e. The largest absolute Gasteiger partial charge is 0.383 e. The summed E-state index contributed by atoms with van der Waals surface area (Å²) in [5, 5.41) is 9.76. The second kappa shape index (κ2) is 4.97. The highest BCUT2D eigenvalue weighted by atomic mass is 19.2. The molecular weight excluding hydrogens is 267 g/mol. The summed E-state index contributed by atoms with van der Waals surface area (Å²) >= 11 is 0. The third kappa shape index (κ3) is 2.73. The molecule has 0 heterocycles. The van der Waals surface area contributed by atoms with E-state index in [0.29, 0.717) is 18.2 Å². The zero-order valence-electron chi connectivity index (χ0n) is 9.30. The molecule has 1 nitrogen and oxygen atoms in total. The van der Waals surface area contributed by atoms with Gasteiger partial charge in [0.05, 0.1) is 5.56 Å². The molecule has 0 aliphatic heterocycles. The van der Waals surface area contributed by atoms with E-state index in [-0.39, 0.29) is 5.56 Å². The second-order valence-corrected chi connectivity index (χ2v) is 3.89. The van der Waals surface area contributed by atoms with Gasteiger partial charge in [-0.3, -0.25) is 0 Å². The van der Waals surface area contributed by atoms with E-state index in [2.05, 4.69) is 0 Å². The summed E-state index contributed by atoms with van der Waals surface area (Å²) in [6, 6.07) is 2.76. The van der Waals surface area contributed by atoms with E-state index in [0.717, 1.165) is 12.1 Å². The van der Waals surface area contributed by atoms with Gasteiger partial charge in [0.15, 0.2) is 0 Å². The molecule has 2 aromatic rings. The Balaban J connectivity index is 2.52. The number of halogens is 5. The van der Waals surface area contributed by atoms with E-state index in [1.165, 1.54) is 0 Å². The number of aliphatic hydroxyl groups excluding tert-OH is 1. The molecule has 0 aliphatic carbocycles. The van der Waals surface area contributed by atoms with Gasteiger partial charge in [0.1, 0.15) is 35.2 Å². The highest BCUT2D eigenvalue weighted by molar-refractivity contribution is 5.32. The molecule has 1 unspecified atom stereocenters. The van der Waals surface area contributed by atoms with Crippen LogP contribution in [0.2, 0.25) is 0 Å². The Hall–Kier alpha value is -1.95. The summed E-state index contributed by atoms with van der Waals surface area (Å²) in [4.78, 5) is 0. The molecule has 6 heteroatoms. The molecule has 100 valence electrons. The Morgan fingerprint density at radius 3 is 1.58 bits per heavy atom. The number of rotatable bonds is 2. The van der Waals surface area contributed by atoms with Crippen molar-refractivity contribution in [1.82, 2.24) is 0 Å². The van der Waals surface area contributed by atoms with Gasteiger partial charge in [-0.05, 0) is 17.7 Å². The van der Waals surface area contributed by atoms with Gasteiger partial charge in [-0.2, -0.15) is 0 Å². The maximum Gasteiger partial charge on any atom is 0.135 e. The van der Waals surface area contributed by atoms with Crippen molar-refractivity contribution < 1.29 is 27.1 Å². The van der Waals surface area contributed by atoms with Crippen LogP contribution in [0.25, 0.3) is 0 Å². The summed E-state index contributed by atoms with van der Waals surface area (Å²) in [5.41, 5.74) is -1.24. The number of aliphatic hydroxyl groups is 1. The van der Waals surface area contributed by atoms with Gasteiger partial charge in [0.2, 0.25) is 0 Å². The van der Waals surface area contributed by atoms with Crippen LogP contribution in [-0.4, -0.2) is 5.11 Å². The molecular formula is C13H7F5O. The van der Waals surface area contributed by atoms with Crippen molar-refractivity contribution in [3.05, 3.63) is 70.5 Å². The lowest BCUT2D eigenvalue weighted by Gasteiger charge is -2.13.